The van der Waals surface area contributed by atoms with Crippen molar-refractivity contribution in [2.24, 2.45) is 5.92 Å². The molecule has 15 heavy (non-hydrogen) atoms. The van der Waals surface area contributed by atoms with Gasteiger partial charge in [0.25, 0.3) is 0 Å². The molecule has 4 heteroatoms. The first kappa shape index (κ1) is 14.1. The molecule has 88 valence electrons. The van der Waals surface area contributed by atoms with Crippen LogP contribution in [-0.2, 0) is 9.53 Å². The summed E-state index contributed by atoms with van der Waals surface area (Å²) in [6.07, 6.45) is 3.69. The Bertz CT molecular complexity index is 190. The highest BCUT2D eigenvalue weighted by atomic mass is 16.5. The van der Waals surface area contributed by atoms with Crippen LogP contribution < -0.4 is 5.32 Å². The zero-order valence-corrected chi connectivity index (χ0v) is 9.53. The van der Waals surface area contributed by atoms with Crippen molar-refractivity contribution < 1.29 is 14.6 Å². The Labute approximate surface area is 91.3 Å². The van der Waals surface area contributed by atoms with Gasteiger partial charge < -0.3 is 15.2 Å². The zero-order valence-electron chi connectivity index (χ0n) is 9.53. The molecule has 0 aliphatic heterocycles. The average molecular weight is 215 g/mol. The van der Waals surface area contributed by atoms with Crippen LogP contribution in [0.3, 0.4) is 0 Å². The molecule has 4 nitrogen and oxygen atoms in total. The molecule has 0 aromatic heterocycles. The first-order valence-corrected chi connectivity index (χ1v) is 5.31. The Morgan fingerprint density at radius 2 is 2.27 bits per heavy atom. The number of ether oxygens (including phenoxy) is 1. The van der Waals surface area contributed by atoms with Gasteiger partial charge in [-0.1, -0.05) is 19.9 Å². The van der Waals surface area contributed by atoms with Gasteiger partial charge in [0.15, 0.2) is 0 Å². The standard InChI is InChI=1S/C11H21NO3/c1-10(2)9-15-8-4-7-12-6-3-5-11(13)14/h3,5,10,12H,4,6-9H2,1-2H3,(H,13,14)/b5-3+. The Morgan fingerprint density at radius 1 is 1.53 bits per heavy atom. The van der Waals surface area contributed by atoms with Gasteiger partial charge >= 0.3 is 5.97 Å². The third-order valence-electron chi connectivity index (χ3n) is 1.62. The van der Waals surface area contributed by atoms with Crippen LogP contribution in [0, 0.1) is 5.92 Å². The average Bonchev–Trinajstić information content (AvgIpc) is 2.14. The first-order chi connectivity index (χ1) is 7.13. The quantitative estimate of drug-likeness (QED) is 0.449. The molecule has 0 spiro atoms. The zero-order chi connectivity index (χ0) is 11.5. The highest BCUT2D eigenvalue weighted by Crippen LogP contribution is 1.92. The Kier molecular flexibility index (Phi) is 9.11. The fourth-order valence-electron chi connectivity index (χ4n) is 0.963. The summed E-state index contributed by atoms with van der Waals surface area (Å²) in [5.74, 6) is -0.325. The van der Waals surface area contributed by atoms with E-state index in [1.165, 1.54) is 0 Å². The third-order valence-corrected chi connectivity index (χ3v) is 1.62. The SMILES string of the molecule is CC(C)COCCCNC/C=C/C(=O)O. The van der Waals surface area contributed by atoms with E-state index in [1.807, 2.05) is 0 Å². The molecule has 0 fully saturated rings. The third kappa shape index (κ3) is 13.1. The summed E-state index contributed by atoms with van der Waals surface area (Å²) in [5.41, 5.74) is 0. The Balaban J connectivity index is 3.08. The molecular weight excluding hydrogens is 194 g/mol. The van der Waals surface area contributed by atoms with Crippen molar-refractivity contribution in [1.29, 1.82) is 0 Å². The van der Waals surface area contributed by atoms with E-state index in [-0.39, 0.29) is 0 Å². The minimum absolute atomic E-state index is 0.580. The van der Waals surface area contributed by atoms with Gasteiger partial charge in [0.2, 0.25) is 0 Å². The van der Waals surface area contributed by atoms with E-state index in [1.54, 1.807) is 6.08 Å². The number of hydrogen-bond donors (Lipinski definition) is 2. The van der Waals surface area contributed by atoms with Gasteiger partial charge in [-0.05, 0) is 18.9 Å². The van der Waals surface area contributed by atoms with E-state index >= 15 is 0 Å². The Morgan fingerprint density at radius 3 is 2.87 bits per heavy atom. The van der Waals surface area contributed by atoms with E-state index < -0.39 is 5.97 Å². The molecule has 0 aliphatic rings. The van der Waals surface area contributed by atoms with Crippen molar-refractivity contribution in [2.75, 3.05) is 26.3 Å². The van der Waals surface area contributed by atoms with Gasteiger partial charge in [0.1, 0.15) is 0 Å². The van der Waals surface area contributed by atoms with Crippen molar-refractivity contribution in [3.05, 3.63) is 12.2 Å². The lowest BCUT2D eigenvalue weighted by molar-refractivity contribution is -0.131. The fourth-order valence-corrected chi connectivity index (χ4v) is 0.963. The molecule has 0 rings (SSSR count). The van der Waals surface area contributed by atoms with Crippen LogP contribution >= 0.6 is 0 Å². The molecule has 0 amide bonds. The fraction of sp³-hybridized carbons (Fsp3) is 0.727. The molecule has 0 atom stereocenters. The number of nitrogens with one attached hydrogen (secondary N) is 1. The number of carbonyl (C=O) groups is 1. The largest absolute Gasteiger partial charge is 0.478 e. The molecule has 0 aromatic rings. The summed E-state index contributed by atoms with van der Waals surface area (Å²) >= 11 is 0. The summed E-state index contributed by atoms with van der Waals surface area (Å²) in [4.78, 5) is 10.1. The predicted octanol–water partition coefficient (Wildman–Crippen LogP) is 1.28. The molecule has 2 N–H and O–H groups in total. The molecule has 0 unspecified atom stereocenters. The van der Waals surface area contributed by atoms with E-state index in [0.717, 1.165) is 32.3 Å². The van der Waals surface area contributed by atoms with Crippen molar-refractivity contribution in [1.82, 2.24) is 5.32 Å². The number of rotatable bonds is 9. The van der Waals surface area contributed by atoms with Gasteiger partial charge in [-0.3, -0.25) is 0 Å². The van der Waals surface area contributed by atoms with E-state index in [9.17, 15) is 4.79 Å². The van der Waals surface area contributed by atoms with Crippen molar-refractivity contribution in [3.8, 4) is 0 Å². The molecule has 0 radical (unpaired) electrons. The molecule has 0 saturated carbocycles. The smallest absolute Gasteiger partial charge is 0.328 e. The molecule has 0 bridgehead atoms. The lowest BCUT2D eigenvalue weighted by Gasteiger charge is -2.06. The van der Waals surface area contributed by atoms with Crippen LogP contribution in [0.15, 0.2) is 12.2 Å². The molecule has 0 heterocycles. The van der Waals surface area contributed by atoms with E-state index in [4.69, 9.17) is 9.84 Å². The van der Waals surface area contributed by atoms with Crippen LogP contribution in [-0.4, -0.2) is 37.4 Å². The molecule has 0 aromatic carbocycles. The molecule has 0 saturated heterocycles. The molecular formula is C11H21NO3. The van der Waals surface area contributed by atoms with Crippen LogP contribution in [0.25, 0.3) is 0 Å². The van der Waals surface area contributed by atoms with Crippen LogP contribution in [0.4, 0.5) is 0 Å². The van der Waals surface area contributed by atoms with Crippen molar-refractivity contribution >= 4 is 5.97 Å². The number of aliphatic carboxylic acids is 1. The van der Waals surface area contributed by atoms with Gasteiger partial charge in [0, 0.05) is 25.8 Å². The summed E-state index contributed by atoms with van der Waals surface area (Å²) in [6.45, 7) is 7.25. The maximum Gasteiger partial charge on any atom is 0.328 e. The number of carboxylic acids is 1. The number of carboxylic acid groups (broad SMARTS) is 1. The van der Waals surface area contributed by atoms with Gasteiger partial charge in [-0.15, -0.1) is 0 Å². The van der Waals surface area contributed by atoms with Crippen LogP contribution in [0.2, 0.25) is 0 Å². The normalized spacial score (nSPS) is 11.4. The van der Waals surface area contributed by atoms with E-state index in [0.29, 0.717) is 12.5 Å². The maximum absolute atomic E-state index is 10.1. The first-order valence-electron chi connectivity index (χ1n) is 5.31. The van der Waals surface area contributed by atoms with Crippen LogP contribution in [0.5, 0.6) is 0 Å². The molecule has 0 aliphatic carbocycles. The van der Waals surface area contributed by atoms with Gasteiger partial charge in [-0.25, -0.2) is 4.79 Å². The predicted molar refractivity (Wildman–Crippen MR) is 59.9 cm³/mol. The lowest BCUT2D eigenvalue weighted by Crippen LogP contribution is -2.17. The Hall–Kier alpha value is -0.870. The second-order valence-electron chi connectivity index (χ2n) is 3.77. The second-order valence-corrected chi connectivity index (χ2v) is 3.77. The minimum atomic E-state index is -0.905. The van der Waals surface area contributed by atoms with E-state index in [2.05, 4.69) is 19.2 Å². The monoisotopic (exact) mass is 215 g/mol. The van der Waals surface area contributed by atoms with Crippen LogP contribution in [0.1, 0.15) is 20.3 Å². The van der Waals surface area contributed by atoms with Gasteiger partial charge in [0.05, 0.1) is 0 Å². The summed E-state index contributed by atoms with van der Waals surface area (Å²) < 4.78 is 5.39. The summed E-state index contributed by atoms with van der Waals surface area (Å²) in [5, 5.41) is 11.4. The van der Waals surface area contributed by atoms with Crippen molar-refractivity contribution in [3.63, 3.8) is 0 Å². The second kappa shape index (κ2) is 9.68. The number of hydrogen-bond acceptors (Lipinski definition) is 3. The topological polar surface area (TPSA) is 58.6 Å². The lowest BCUT2D eigenvalue weighted by atomic mass is 10.2. The minimum Gasteiger partial charge on any atom is -0.478 e. The van der Waals surface area contributed by atoms with Gasteiger partial charge in [-0.2, -0.15) is 0 Å². The van der Waals surface area contributed by atoms with Crippen molar-refractivity contribution in [2.45, 2.75) is 20.3 Å². The summed E-state index contributed by atoms with van der Waals surface area (Å²) in [7, 11) is 0. The summed E-state index contributed by atoms with van der Waals surface area (Å²) in [6, 6.07) is 0. The highest BCUT2D eigenvalue weighted by Gasteiger charge is 1.93. The maximum atomic E-state index is 10.1. The highest BCUT2D eigenvalue weighted by molar-refractivity contribution is 5.79.